The molecule has 1 N–H and O–H groups in total. The molecular formula is C16H10N4O4S2. The van der Waals surface area contributed by atoms with E-state index in [4.69, 9.17) is 16.6 Å². The Morgan fingerprint density at radius 3 is 3.00 bits per heavy atom. The van der Waals surface area contributed by atoms with Crippen LogP contribution in [0.15, 0.2) is 50.5 Å². The Hall–Kier alpha value is -2.98. The van der Waals surface area contributed by atoms with Crippen molar-refractivity contribution in [3.05, 3.63) is 47.3 Å². The van der Waals surface area contributed by atoms with Gasteiger partial charge in [-0.25, -0.2) is 4.63 Å². The average molecular weight is 386 g/mol. The minimum Gasteiger partial charge on any atom is -0.465 e. The van der Waals surface area contributed by atoms with Crippen LogP contribution in [0.3, 0.4) is 0 Å². The summed E-state index contributed by atoms with van der Waals surface area (Å²) >= 11 is 6.34. The van der Waals surface area contributed by atoms with Crippen LogP contribution in [0.4, 0.5) is 5.69 Å². The van der Waals surface area contributed by atoms with Crippen LogP contribution in [-0.2, 0) is 9.59 Å². The maximum atomic E-state index is 12.5. The SMILES string of the molecule is O=C(CN1C(=O)C(=Cc2ccco2)SC1=S)Nc1cccc2nonc12. The highest BCUT2D eigenvalue weighted by molar-refractivity contribution is 8.26. The van der Waals surface area contributed by atoms with Crippen molar-refractivity contribution in [1.82, 2.24) is 15.2 Å². The molecule has 2 amide bonds. The van der Waals surface area contributed by atoms with Crippen molar-refractivity contribution in [2.24, 2.45) is 0 Å². The Morgan fingerprint density at radius 2 is 2.19 bits per heavy atom. The van der Waals surface area contributed by atoms with Gasteiger partial charge in [0.2, 0.25) is 5.91 Å². The number of hydrogen-bond donors (Lipinski definition) is 1. The molecule has 0 saturated carbocycles. The lowest BCUT2D eigenvalue weighted by atomic mass is 10.2. The topological polar surface area (TPSA) is 101 Å². The quantitative estimate of drug-likeness (QED) is 0.539. The van der Waals surface area contributed by atoms with Gasteiger partial charge in [-0.1, -0.05) is 30.0 Å². The normalized spacial score (nSPS) is 16.0. The van der Waals surface area contributed by atoms with E-state index >= 15 is 0 Å². The number of carbonyl (C=O) groups is 2. The number of carbonyl (C=O) groups excluding carboxylic acids is 2. The molecule has 0 unspecified atom stereocenters. The van der Waals surface area contributed by atoms with Crippen LogP contribution in [0, 0.1) is 0 Å². The van der Waals surface area contributed by atoms with Gasteiger partial charge in [0.05, 0.1) is 16.9 Å². The van der Waals surface area contributed by atoms with E-state index in [0.29, 0.717) is 31.7 Å². The number of thiocarbonyl (C=S) groups is 1. The highest BCUT2D eigenvalue weighted by Crippen LogP contribution is 2.32. The first-order valence-electron chi connectivity index (χ1n) is 7.42. The van der Waals surface area contributed by atoms with E-state index in [9.17, 15) is 9.59 Å². The number of benzene rings is 1. The first kappa shape index (κ1) is 16.5. The van der Waals surface area contributed by atoms with Crippen molar-refractivity contribution in [1.29, 1.82) is 0 Å². The number of rotatable bonds is 4. The van der Waals surface area contributed by atoms with Gasteiger partial charge >= 0.3 is 0 Å². The molecule has 3 heterocycles. The number of fused-ring (bicyclic) bond motifs is 1. The van der Waals surface area contributed by atoms with Gasteiger partial charge in [0.25, 0.3) is 5.91 Å². The van der Waals surface area contributed by atoms with Crippen molar-refractivity contribution in [3.8, 4) is 0 Å². The molecule has 1 aromatic carbocycles. The standard InChI is InChI=1S/C16H10N4O4S2/c21-13(17-10-4-1-5-11-14(10)19-24-18-11)8-20-15(22)12(26-16(20)25)7-9-3-2-6-23-9/h1-7H,8H2,(H,17,21). The molecule has 1 fully saturated rings. The maximum Gasteiger partial charge on any atom is 0.266 e. The summed E-state index contributed by atoms with van der Waals surface area (Å²) in [5.74, 6) is -0.205. The summed E-state index contributed by atoms with van der Waals surface area (Å²) < 4.78 is 10.2. The van der Waals surface area contributed by atoms with Gasteiger partial charge in [-0.2, -0.15) is 0 Å². The van der Waals surface area contributed by atoms with Gasteiger partial charge < -0.3 is 9.73 Å². The first-order chi connectivity index (χ1) is 12.6. The average Bonchev–Trinajstić information content (AvgIpc) is 3.34. The zero-order chi connectivity index (χ0) is 18.1. The summed E-state index contributed by atoms with van der Waals surface area (Å²) in [6.45, 7) is -0.207. The lowest BCUT2D eigenvalue weighted by molar-refractivity contribution is -0.126. The highest BCUT2D eigenvalue weighted by atomic mass is 32.2. The zero-order valence-electron chi connectivity index (χ0n) is 13.0. The molecule has 2 aromatic heterocycles. The molecule has 1 aliphatic heterocycles. The molecule has 0 spiro atoms. The summed E-state index contributed by atoms with van der Waals surface area (Å²) in [7, 11) is 0. The van der Waals surface area contributed by atoms with E-state index in [1.54, 1.807) is 36.4 Å². The van der Waals surface area contributed by atoms with E-state index in [1.165, 1.54) is 11.2 Å². The Bertz CT molecular complexity index is 1040. The summed E-state index contributed by atoms with van der Waals surface area (Å²) in [5.41, 5.74) is 1.41. The molecular weight excluding hydrogens is 376 g/mol. The van der Waals surface area contributed by atoms with Gasteiger partial charge in [0, 0.05) is 6.08 Å². The molecule has 1 saturated heterocycles. The minimum atomic E-state index is -0.406. The number of amides is 2. The van der Waals surface area contributed by atoms with E-state index in [1.807, 2.05) is 0 Å². The molecule has 10 heteroatoms. The fourth-order valence-electron chi connectivity index (χ4n) is 2.38. The second-order valence-electron chi connectivity index (χ2n) is 5.27. The molecule has 0 radical (unpaired) electrons. The highest BCUT2D eigenvalue weighted by Gasteiger charge is 2.33. The van der Waals surface area contributed by atoms with Crippen molar-refractivity contribution in [2.75, 3.05) is 11.9 Å². The predicted octanol–water partition coefficient (Wildman–Crippen LogP) is 2.66. The number of aromatic nitrogens is 2. The molecule has 4 rings (SSSR count). The molecule has 0 atom stereocenters. The first-order valence-corrected chi connectivity index (χ1v) is 8.64. The second-order valence-corrected chi connectivity index (χ2v) is 6.94. The predicted molar refractivity (Wildman–Crippen MR) is 99.0 cm³/mol. The number of nitrogens with zero attached hydrogens (tertiary/aromatic N) is 3. The van der Waals surface area contributed by atoms with Crippen molar-refractivity contribution >= 4 is 62.9 Å². The maximum absolute atomic E-state index is 12.5. The smallest absolute Gasteiger partial charge is 0.266 e. The van der Waals surface area contributed by atoms with Crippen molar-refractivity contribution in [3.63, 3.8) is 0 Å². The van der Waals surface area contributed by atoms with Crippen LogP contribution in [0.2, 0.25) is 0 Å². The lowest BCUT2D eigenvalue weighted by Crippen LogP contribution is -2.36. The number of anilines is 1. The number of thioether (sulfide) groups is 1. The van der Waals surface area contributed by atoms with E-state index in [0.717, 1.165) is 11.8 Å². The fraction of sp³-hybridized carbons (Fsp3) is 0.0625. The van der Waals surface area contributed by atoms with E-state index in [2.05, 4.69) is 20.3 Å². The summed E-state index contributed by atoms with van der Waals surface area (Å²) in [4.78, 5) is 26.5. The van der Waals surface area contributed by atoms with Crippen molar-refractivity contribution in [2.45, 2.75) is 0 Å². The number of hydrogen-bond acceptors (Lipinski definition) is 8. The van der Waals surface area contributed by atoms with Crippen LogP contribution in [0.5, 0.6) is 0 Å². The molecule has 8 nitrogen and oxygen atoms in total. The zero-order valence-corrected chi connectivity index (χ0v) is 14.7. The molecule has 3 aromatic rings. The number of nitrogens with one attached hydrogen (secondary N) is 1. The van der Waals surface area contributed by atoms with Gasteiger partial charge in [0.15, 0.2) is 5.52 Å². The Labute approximate surface area is 156 Å². The van der Waals surface area contributed by atoms with Crippen LogP contribution in [0.1, 0.15) is 5.76 Å². The lowest BCUT2D eigenvalue weighted by Gasteiger charge is -2.14. The minimum absolute atomic E-state index is 0.207. The Kier molecular flexibility index (Phi) is 4.27. The van der Waals surface area contributed by atoms with E-state index in [-0.39, 0.29) is 12.5 Å². The van der Waals surface area contributed by atoms with Crippen molar-refractivity contribution < 1.29 is 18.6 Å². The molecule has 26 heavy (non-hydrogen) atoms. The largest absolute Gasteiger partial charge is 0.465 e. The Morgan fingerprint density at radius 1 is 1.31 bits per heavy atom. The van der Waals surface area contributed by atoms with Gasteiger partial charge in [-0.15, -0.1) is 0 Å². The summed E-state index contributed by atoms with van der Waals surface area (Å²) in [5, 5.41) is 10.2. The number of furan rings is 1. The summed E-state index contributed by atoms with van der Waals surface area (Å²) in [6, 6.07) is 8.55. The van der Waals surface area contributed by atoms with Gasteiger partial charge in [-0.05, 0) is 34.6 Å². The fourth-order valence-corrected chi connectivity index (χ4v) is 3.61. The second kappa shape index (κ2) is 6.73. The molecule has 130 valence electrons. The van der Waals surface area contributed by atoms with Crippen LogP contribution in [-0.4, -0.2) is 37.9 Å². The Balaban J connectivity index is 1.48. The third-order valence-corrected chi connectivity index (χ3v) is 4.93. The third kappa shape index (κ3) is 3.11. The van der Waals surface area contributed by atoms with Crippen LogP contribution < -0.4 is 5.32 Å². The monoisotopic (exact) mass is 386 g/mol. The van der Waals surface area contributed by atoms with Crippen LogP contribution >= 0.6 is 24.0 Å². The van der Waals surface area contributed by atoms with Gasteiger partial charge in [0.1, 0.15) is 22.1 Å². The molecule has 0 aliphatic carbocycles. The molecule has 0 bridgehead atoms. The molecule has 1 aliphatic rings. The van der Waals surface area contributed by atoms with Crippen LogP contribution in [0.25, 0.3) is 17.1 Å². The summed E-state index contributed by atoms with van der Waals surface area (Å²) in [6.07, 6.45) is 3.11. The van der Waals surface area contributed by atoms with Gasteiger partial charge in [-0.3, -0.25) is 14.5 Å². The third-order valence-electron chi connectivity index (χ3n) is 3.55. The van der Waals surface area contributed by atoms with E-state index < -0.39 is 5.91 Å².